The topological polar surface area (TPSA) is 62.2 Å². The van der Waals surface area contributed by atoms with Gasteiger partial charge in [-0.2, -0.15) is 0 Å². The summed E-state index contributed by atoms with van der Waals surface area (Å²) in [5.74, 6) is -0.0347. The van der Waals surface area contributed by atoms with Gasteiger partial charge in [-0.05, 0) is 86.9 Å². The fourth-order valence-corrected chi connectivity index (χ4v) is 5.74. The van der Waals surface area contributed by atoms with Crippen LogP contribution in [0.3, 0.4) is 0 Å². The van der Waals surface area contributed by atoms with Gasteiger partial charge in [-0.25, -0.2) is 0 Å². The molecule has 1 fully saturated rings. The molecule has 5 rings (SSSR count). The molecular formula is C31H33N5OS. The molecular weight excluding hydrogens is 490 g/mol. The van der Waals surface area contributed by atoms with Crippen LogP contribution in [-0.4, -0.2) is 32.0 Å². The Bertz CT molecular complexity index is 1480. The number of nitrogens with one attached hydrogen (secondary N) is 2. The molecule has 6 nitrogen and oxygen atoms in total. The summed E-state index contributed by atoms with van der Waals surface area (Å²) in [7, 11) is 0. The van der Waals surface area contributed by atoms with Gasteiger partial charge in [0.1, 0.15) is 0 Å². The SMILES string of the molecule is Cc1ccccc1NC(=O)CCN1C(=S)N[C@@H](c2ccccn2)[C@@H]1c1cc(C)n(-c2ccccc2C)c1C. The molecule has 0 bridgehead atoms. The molecule has 7 heteroatoms. The quantitative estimate of drug-likeness (QED) is 0.286. The summed E-state index contributed by atoms with van der Waals surface area (Å²) in [4.78, 5) is 19.8. The van der Waals surface area contributed by atoms with E-state index in [1.54, 1.807) is 0 Å². The van der Waals surface area contributed by atoms with Gasteiger partial charge in [0.05, 0.1) is 17.8 Å². The van der Waals surface area contributed by atoms with E-state index in [2.05, 4.69) is 76.2 Å². The second-order valence-electron chi connectivity index (χ2n) is 9.88. The van der Waals surface area contributed by atoms with E-state index in [-0.39, 0.29) is 18.0 Å². The van der Waals surface area contributed by atoms with Crippen molar-refractivity contribution >= 4 is 28.9 Å². The monoisotopic (exact) mass is 523 g/mol. The minimum absolute atomic E-state index is 0.0347. The summed E-state index contributed by atoms with van der Waals surface area (Å²) in [6.45, 7) is 8.92. The predicted octanol–water partition coefficient (Wildman–Crippen LogP) is 6.11. The van der Waals surface area contributed by atoms with Crippen molar-refractivity contribution in [3.63, 3.8) is 0 Å². The maximum absolute atomic E-state index is 13.0. The van der Waals surface area contributed by atoms with Gasteiger partial charge in [0, 0.05) is 41.9 Å². The van der Waals surface area contributed by atoms with Crippen molar-refractivity contribution < 1.29 is 4.79 Å². The lowest BCUT2D eigenvalue weighted by Gasteiger charge is -2.28. The molecule has 2 atom stereocenters. The van der Waals surface area contributed by atoms with E-state index in [1.807, 2.05) is 55.6 Å². The van der Waals surface area contributed by atoms with Crippen molar-refractivity contribution in [1.29, 1.82) is 0 Å². The first-order chi connectivity index (χ1) is 18.3. The molecule has 0 radical (unpaired) electrons. The van der Waals surface area contributed by atoms with Crippen LogP contribution in [0.15, 0.2) is 79.0 Å². The smallest absolute Gasteiger partial charge is 0.226 e. The minimum atomic E-state index is -0.131. The molecule has 1 amide bonds. The van der Waals surface area contributed by atoms with Gasteiger partial charge in [0.15, 0.2) is 5.11 Å². The maximum atomic E-state index is 13.0. The van der Waals surface area contributed by atoms with Gasteiger partial charge >= 0.3 is 0 Å². The van der Waals surface area contributed by atoms with Crippen molar-refractivity contribution in [3.05, 3.63) is 113 Å². The number of rotatable bonds is 7. The van der Waals surface area contributed by atoms with E-state index in [1.165, 1.54) is 16.8 Å². The minimum Gasteiger partial charge on any atom is -0.352 e. The summed E-state index contributed by atoms with van der Waals surface area (Å²) in [6, 6.07) is 24.2. The third-order valence-corrected chi connectivity index (χ3v) is 7.69. The number of amides is 1. The van der Waals surface area contributed by atoms with Crippen molar-refractivity contribution in [2.75, 3.05) is 11.9 Å². The standard InChI is InChI=1S/C31H33N5OS/c1-20-11-5-7-13-25(20)33-28(37)16-18-35-30(29(34-31(35)38)26-14-9-10-17-32-26)24-19-22(3)36(23(24)4)27-15-8-6-12-21(27)2/h5-15,17,19,29-30H,16,18H2,1-4H3,(H,33,37)(H,34,38)/t29-,30-/m0/s1. The number of nitrogens with zero attached hydrogens (tertiary/aromatic N) is 3. The van der Waals surface area contributed by atoms with Crippen LogP contribution in [0.2, 0.25) is 0 Å². The van der Waals surface area contributed by atoms with Gasteiger partial charge in [-0.1, -0.05) is 42.5 Å². The Kier molecular flexibility index (Phi) is 7.29. The molecule has 4 aromatic rings. The first kappa shape index (κ1) is 25.7. The summed E-state index contributed by atoms with van der Waals surface area (Å²) < 4.78 is 2.31. The lowest BCUT2D eigenvalue weighted by atomic mass is 9.96. The molecule has 1 aliphatic heterocycles. The number of carbonyl (C=O) groups is 1. The normalized spacial score (nSPS) is 16.9. The van der Waals surface area contributed by atoms with Crippen LogP contribution in [0.5, 0.6) is 0 Å². The molecule has 38 heavy (non-hydrogen) atoms. The number of pyridine rings is 1. The molecule has 1 aliphatic rings. The van der Waals surface area contributed by atoms with E-state index in [0.29, 0.717) is 18.1 Å². The largest absolute Gasteiger partial charge is 0.352 e. The Balaban J connectivity index is 1.48. The van der Waals surface area contributed by atoms with Gasteiger partial charge in [-0.15, -0.1) is 0 Å². The fraction of sp³-hybridized carbons (Fsp3) is 0.258. The molecule has 0 spiro atoms. The zero-order valence-electron chi connectivity index (χ0n) is 22.2. The highest BCUT2D eigenvalue weighted by Crippen LogP contribution is 2.41. The molecule has 3 heterocycles. The van der Waals surface area contributed by atoms with Crippen LogP contribution in [0.1, 0.15) is 52.3 Å². The van der Waals surface area contributed by atoms with Crippen molar-refractivity contribution in [2.24, 2.45) is 0 Å². The van der Waals surface area contributed by atoms with Gasteiger partial charge in [-0.3, -0.25) is 9.78 Å². The Morgan fingerprint density at radius 1 is 0.974 bits per heavy atom. The number of anilines is 1. The first-order valence-corrected chi connectivity index (χ1v) is 13.3. The number of benzene rings is 2. The number of para-hydroxylation sites is 2. The van der Waals surface area contributed by atoms with E-state index < -0.39 is 0 Å². The molecule has 0 unspecified atom stereocenters. The Hall–Kier alpha value is -3.97. The van der Waals surface area contributed by atoms with Crippen LogP contribution in [0.25, 0.3) is 5.69 Å². The first-order valence-electron chi connectivity index (χ1n) is 12.9. The second kappa shape index (κ2) is 10.8. The van der Waals surface area contributed by atoms with Crippen molar-refractivity contribution in [3.8, 4) is 5.69 Å². The molecule has 1 saturated heterocycles. The van der Waals surface area contributed by atoms with Crippen LogP contribution < -0.4 is 10.6 Å². The number of hydrogen-bond donors (Lipinski definition) is 2. The summed E-state index contributed by atoms with van der Waals surface area (Å²) in [5, 5.41) is 7.20. The van der Waals surface area contributed by atoms with E-state index in [4.69, 9.17) is 12.2 Å². The van der Waals surface area contributed by atoms with Crippen LogP contribution in [-0.2, 0) is 4.79 Å². The van der Waals surface area contributed by atoms with Gasteiger partial charge in [0.25, 0.3) is 0 Å². The zero-order chi connectivity index (χ0) is 26.8. The molecule has 2 N–H and O–H groups in total. The third-order valence-electron chi connectivity index (χ3n) is 7.34. The average Bonchev–Trinajstić information content (AvgIpc) is 3.39. The maximum Gasteiger partial charge on any atom is 0.226 e. The Labute approximate surface area is 229 Å². The highest BCUT2D eigenvalue weighted by molar-refractivity contribution is 7.80. The summed E-state index contributed by atoms with van der Waals surface area (Å²) >= 11 is 5.84. The van der Waals surface area contributed by atoms with E-state index in [9.17, 15) is 4.79 Å². The molecule has 2 aromatic heterocycles. The number of hydrogen-bond acceptors (Lipinski definition) is 3. The van der Waals surface area contributed by atoms with Crippen LogP contribution in [0, 0.1) is 27.7 Å². The summed E-state index contributed by atoms with van der Waals surface area (Å²) in [6.07, 6.45) is 2.13. The second-order valence-corrected chi connectivity index (χ2v) is 10.3. The number of aryl methyl sites for hydroxylation is 3. The van der Waals surface area contributed by atoms with Crippen molar-refractivity contribution in [1.82, 2.24) is 19.8 Å². The molecule has 2 aromatic carbocycles. The number of carbonyl (C=O) groups excluding carboxylic acids is 1. The third kappa shape index (κ3) is 4.94. The number of thiocarbonyl (C=S) groups is 1. The molecule has 194 valence electrons. The average molecular weight is 524 g/mol. The lowest BCUT2D eigenvalue weighted by Crippen LogP contribution is -2.33. The fourth-order valence-electron chi connectivity index (χ4n) is 5.40. The molecule has 0 saturated carbocycles. The Morgan fingerprint density at radius 3 is 2.39 bits per heavy atom. The van der Waals surface area contributed by atoms with Gasteiger partial charge in [0.2, 0.25) is 5.91 Å². The Morgan fingerprint density at radius 2 is 1.68 bits per heavy atom. The lowest BCUT2D eigenvalue weighted by molar-refractivity contribution is -0.116. The van der Waals surface area contributed by atoms with Gasteiger partial charge < -0.3 is 20.1 Å². The van der Waals surface area contributed by atoms with Crippen LogP contribution in [0.4, 0.5) is 5.69 Å². The highest BCUT2D eigenvalue weighted by atomic mass is 32.1. The van der Waals surface area contributed by atoms with Crippen molar-refractivity contribution in [2.45, 2.75) is 46.2 Å². The van der Waals surface area contributed by atoms with Crippen LogP contribution >= 0.6 is 12.2 Å². The number of aromatic nitrogens is 2. The van der Waals surface area contributed by atoms with E-state index >= 15 is 0 Å². The summed E-state index contributed by atoms with van der Waals surface area (Å²) in [5.41, 5.74) is 8.67. The predicted molar refractivity (Wildman–Crippen MR) is 157 cm³/mol. The van der Waals surface area contributed by atoms with E-state index in [0.717, 1.165) is 28.3 Å². The highest BCUT2D eigenvalue weighted by Gasteiger charge is 2.41. The molecule has 0 aliphatic carbocycles. The zero-order valence-corrected chi connectivity index (χ0v) is 23.0.